The molecule has 15 heavy (non-hydrogen) atoms. The number of carbonyl (C=O) groups excluding carboxylic acids is 1. The van der Waals surface area contributed by atoms with Crippen molar-refractivity contribution < 1.29 is 19.0 Å². The van der Waals surface area contributed by atoms with Gasteiger partial charge in [0.05, 0.1) is 12.7 Å². The molecule has 0 bridgehead atoms. The van der Waals surface area contributed by atoms with E-state index in [1.165, 1.54) is 7.11 Å². The van der Waals surface area contributed by atoms with Gasteiger partial charge in [-0.2, -0.15) is 5.26 Å². The van der Waals surface area contributed by atoms with Crippen LogP contribution in [0, 0.1) is 17.2 Å². The van der Waals surface area contributed by atoms with Gasteiger partial charge in [0.25, 0.3) is 0 Å². The lowest BCUT2D eigenvalue weighted by Crippen LogP contribution is -2.25. The van der Waals surface area contributed by atoms with E-state index in [0.717, 1.165) is 0 Å². The van der Waals surface area contributed by atoms with Crippen molar-refractivity contribution >= 4 is 5.97 Å². The van der Waals surface area contributed by atoms with E-state index in [2.05, 4.69) is 0 Å². The highest BCUT2D eigenvalue weighted by molar-refractivity contribution is 5.75. The second-order valence-electron chi connectivity index (χ2n) is 2.79. The lowest BCUT2D eigenvalue weighted by Gasteiger charge is -2.17. The van der Waals surface area contributed by atoms with Crippen LogP contribution in [-0.2, 0) is 19.0 Å². The van der Waals surface area contributed by atoms with E-state index in [1.54, 1.807) is 6.92 Å². The molecule has 0 aliphatic rings. The van der Waals surface area contributed by atoms with Crippen molar-refractivity contribution in [3.8, 4) is 6.07 Å². The number of hydrogen-bond acceptors (Lipinski definition) is 5. The van der Waals surface area contributed by atoms with Crippen LogP contribution >= 0.6 is 0 Å². The normalized spacial score (nSPS) is 14.0. The maximum Gasteiger partial charge on any atom is 0.323 e. The van der Waals surface area contributed by atoms with Crippen LogP contribution in [0.5, 0.6) is 0 Å². The van der Waals surface area contributed by atoms with Gasteiger partial charge < -0.3 is 14.2 Å². The van der Waals surface area contributed by atoms with E-state index >= 15 is 0 Å². The van der Waals surface area contributed by atoms with Crippen LogP contribution in [0.25, 0.3) is 0 Å². The number of rotatable bonds is 7. The van der Waals surface area contributed by atoms with Crippen LogP contribution in [0.4, 0.5) is 0 Å². The quantitative estimate of drug-likeness (QED) is 0.469. The summed E-state index contributed by atoms with van der Waals surface area (Å²) in [5.74, 6) is -1.36. The molecule has 0 fully saturated rings. The van der Waals surface area contributed by atoms with Crippen LogP contribution in [0.3, 0.4) is 0 Å². The molecule has 0 aliphatic heterocycles. The van der Waals surface area contributed by atoms with E-state index in [0.29, 0.717) is 6.61 Å². The molecular formula is C10H17NO4. The van der Waals surface area contributed by atoms with E-state index < -0.39 is 18.2 Å². The minimum absolute atomic E-state index is 0.194. The van der Waals surface area contributed by atoms with Crippen molar-refractivity contribution in [3.63, 3.8) is 0 Å². The second-order valence-corrected chi connectivity index (χ2v) is 2.79. The van der Waals surface area contributed by atoms with Gasteiger partial charge in [-0.3, -0.25) is 4.79 Å². The summed E-state index contributed by atoms with van der Waals surface area (Å²) in [5, 5.41) is 8.77. The molecule has 0 saturated heterocycles. The average Bonchev–Trinajstić information content (AvgIpc) is 2.24. The summed E-state index contributed by atoms with van der Waals surface area (Å²) in [6.45, 7) is 4.25. The second kappa shape index (κ2) is 8.21. The highest BCUT2D eigenvalue weighted by atomic mass is 16.7. The Morgan fingerprint density at radius 1 is 1.40 bits per heavy atom. The zero-order chi connectivity index (χ0) is 11.7. The molecule has 0 aromatic heterocycles. The summed E-state index contributed by atoms with van der Waals surface area (Å²) in [5.41, 5.74) is 0. The molecule has 0 heterocycles. The topological polar surface area (TPSA) is 68.6 Å². The standard InChI is InChI=1S/C10H17NO4/c1-4-14-9(13-3)6-8(7-11)10(12)15-5-2/h8-9H,4-6H2,1-3H3. The summed E-state index contributed by atoms with van der Waals surface area (Å²) in [4.78, 5) is 11.3. The Labute approximate surface area is 89.9 Å². The smallest absolute Gasteiger partial charge is 0.323 e. The molecule has 0 spiro atoms. The van der Waals surface area contributed by atoms with Gasteiger partial charge in [-0.15, -0.1) is 0 Å². The molecule has 0 N–H and O–H groups in total. The third-order valence-electron chi connectivity index (χ3n) is 1.77. The molecule has 2 atom stereocenters. The number of nitriles is 1. The van der Waals surface area contributed by atoms with Crippen molar-refractivity contribution in [1.82, 2.24) is 0 Å². The van der Waals surface area contributed by atoms with Crippen LogP contribution in [0.2, 0.25) is 0 Å². The monoisotopic (exact) mass is 215 g/mol. The Balaban J connectivity index is 4.18. The third-order valence-corrected chi connectivity index (χ3v) is 1.77. The zero-order valence-corrected chi connectivity index (χ0v) is 9.36. The van der Waals surface area contributed by atoms with Crippen LogP contribution in [0.1, 0.15) is 20.3 Å². The molecule has 0 rings (SSSR count). The van der Waals surface area contributed by atoms with Gasteiger partial charge in [0.2, 0.25) is 0 Å². The van der Waals surface area contributed by atoms with Gasteiger partial charge in [-0.25, -0.2) is 0 Å². The summed E-state index contributed by atoms with van der Waals surface area (Å²) in [7, 11) is 1.47. The number of methoxy groups -OCH3 is 1. The Morgan fingerprint density at radius 2 is 2.07 bits per heavy atom. The molecule has 5 heteroatoms. The lowest BCUT2D eigenvalue weighted by atomic mass is 10.1. The molecule has 0 radical (unpaired) electrons. The van der Waals surface area contributed by atoms with Gasteiger partial charge in [0.15, 0.2) is 6.29 Å². The predicted octanol–water partition coefficient (Wildman–Crippen LogP) is 1.09. The Hall–Kier alpha value is -1.12. The van der Waals surface area contributed by atoms with Gasteiger partial charge in [0, 0.05) is 20.1 Å². The van der Waals surface area contributed by atoms with Gasteiger partial charge in [0.1, 0.15) is 5.92 Å². The SMILES string of the molecule is CCOC(=O)C(C#N)CC(OC)OCC. The largest absolute Gasteiger partial charge is 0.465 e. The molecule has 86 valence electrons. The van der Waals surface area contributed by atoms with E-state index in [9.17, 15) is 4.79 Å². The first-order valence-corrected chi connectivity index (χ1v) is 4.90. The molecule has 0 saturated carbocycles. The maximum absolute atomic E-state index is 11.3. The van der Waals surface area contributed by atoms with Gasteiger partial charge in [-0.1, -0.05) is 0 Å². The van der Waals surface area contributed by atoms with Crippen molar-refractivity contribution in [2.45, 2.75) is 26.6 Å². The summed E-state index contributed by atoms with van der Waals surface area (Å²) in [6, 6.07) is 1.88. The Bertz CT molecular complexity index is 224. The van der Waals surface area contributed by atoms with E-state index in [4.69, 9.17) is 19.5 Å². The summed E-state index contributed by atoms with van der Waals surface area (Å²) in [6.07, 6.45) is -0.344. The molecule has 0 aromatic carbocycles. The average molecular weight is 215 g/mol. The Morgan fingerprint density at radius 3 is 2.47 bits per heavy atom. The summed E-state index contributed by atoms with van der Waals surface area (Å²) < 4.78 is 14.9. The van der Waals surface area contributed by atoms with Gasteiger partial charge in [-0.05, 0) is 13.8 Å². The first kappa shape index (κ1) is 13.9. The minimum atomic E-state index is -0.832. The fraction of sp³-hybridized carbons (Fsp3) is 0.800. The van der Waals surface area contributed by atoms with Crippen LogP contribution < -0.4 is 0 Å². The molecular weight excluding hydrogens is 198 g/mol. The first-order valence-electron chi connectivity index (χ1n) is 4.90. The highest BCUT2D eigenvalue weighted by Gasteiger charge is 2.24. The fourth-order valence-electron chi connectivity index (χ4n) is 1.06. The number of ether oxygens (including phenoxy) is 3. The minimum Gasteiger partial charge on any atom is -0.465 e. The number of hydrogen-bond donors (Lipinski definition) is 0. The third kappa shape index (κ3) is 5.35. The fourth-order valence-corrected chi connectivity index (χ4v) is 1.06. The lowest BCUT2D eigenvalue weighted by molar-refractivity contribution is -0.156. The van der Waals surface area contributed by atoms with Crippen LogP contribution in [-0.4, -0.2) is 32.6 Å². The number of carbonyl (C=O) groups is 1. The highest BCUT2D eigenvalue weighted by Crippen LogP contribution is 2.11. The Kier molecular flexibility index (Phi) is 7.60. The van der Waals surface area contributed by atoms with Crippen molar-refractivity contribution in [3.05, 3.63) is 0 Å². The van der Waals surface area contributed by atoms with Crippen molar-refractivity contribution in [2.24, 2.45) is 5.92 Å². The van der Waals surface area contributed by atoms with Crippen molar-refractivity contribution in [1.29, 1.82) is 5.26 Å². The maximum atomic E-state index is 11.3. The van der Waals surface area contributed by atoms with E-state index in [-0.39, 0.29) is 13.0 Å². The van der Waals surface area contributed by atoms with Crippen molar-refractivity contribution in [2.75, 3.05) is 20.3 Å². The molecule has 0 amide bonds. The van der Waals surface area contributed by atoms with Crippen LogP contribution in [0.15, 0.2) is 0 Å². The van der Waals surface area contributed by atoms with Gasteiger partial charge >= 0.3 is 5.97 Å². The number of nitrogens with zero attached hydrogens (tertiary/aromatic N) is 1. The zero-order valence-electron chi connectivity index (χ0n) is 9.36. The molecule has 2 unspecified atom stereocenters. The summed E-state index contributed by atoms with van der Waals surface area (Å²) >= 11 is 0. The van der Waals surface area contributed by atoms with E-state index in [1.807, 2.05) is 13.0 Å². The number of esters is 1. The molecule has 0 aromatic rings. The molecule has 5 nitrogen and oxygen atoms in total. The molecule has 0 aliphatic carbocycles. The predicted molar refractivity (Wildman–Crippen MR) is 52.8 cm³/mol. The first-order chi connectivity index (χ1) is 7.19.